The summed E-state index contributed by atoms with van der Waals surface area (Å²) in [5.74, 6) is 0.638. The van der Waals surface area contributed by atoms with Gasteiger partial charge in [0.05, 0.1) is 10.7 Å². The van der Waals surface area contributed by atoms with E-state index in [-0.39, 0.29) is 5.91 Å². The van der Waals surface area contributed by atoms with Crippen molar-refractivity contribution in [3.63, 3.8) is 0 Å². The summed E-state index contributed by atoms with van der Waals surface area (Å²) in [6.45, 7) is 4.30. The van der Waals surface area contributed by atoms with Crippen LogP contribution in [0.1, 0.15) is 35.9 Å². The number of carbonyl (C=O) groups is 1. The maximum atomic E-state index is 12.4. The Labute approximate surface area is 128 Å². The van der Waals surface area contributed by atoms with E-state index >= 15 is 0 Å². The van der Waals surface area contributed by atoms with Crippen molar-refractivity contribution in [2.45, 2.75) is 38.6 Å². The van der Waals surface area contributed by atoms with Crippen LogP contribution in [0, 0.1) is 6.92 Å². The molecular formula is C15H20N4OS. The molecule has 1 aliphatic rings. The van der Waals surface area contributed by atoms with E-state index in [1.54, 1.807) is 11.3 Å². The van der Waals surface area contributed by atoms with Gasteiger partial charge in [-0.25, -0.2) is 4.98 Å². The van der Waals surface area contributed by atoms with Gasteiger partial charge in [0.15, 0.2) is 0 Å². The lowest BCUT2D eigenvalue weighted by Gasteiger charge is -2.32. The molecule has 1 saturated heterocycles. The molecule has 0 bridgehead atoms. The number of aryl methyl sites for hydroxylation is 2. The van der Waals surface area contributed by atoms with Gasteiger partial charge in [-0.15, -0.1) is 11.3 Å². The minimum Gasteiger partial charge on any atom is -0.342 e. The molecule has 0 unspecified atom stereocenters. The molecule has 0 aromatic carbocycles. The lowest BCUT2D eigenvalue weighted by Crippen LogP contribution is -2.39. The van der Waals surface area contributed by atoms with Gasteiger partial charge in [0.2, 0.25) is 5.91 Å². The van der Waals surface area contributed by atoms with Gasteiger partial charge in [0, 0.05) is 49.7 Å². The standard InChI is InChI=1S/C15H20N4OS/c1-12-4-8-19(17-12)9-5-14(20)18-7-2-3-13(11-18)15-16-6-10-21-15/h4,6,8,10,13H,2-3,5,7,9,11H2,1H3/t13-/m0/s1. The van der Waals surface area contributed by atoms with Crippen molar-refractivity contribution in [2.24, 2.45) is 0 Å². The summed E-state index contributed by atoms with van der Waals surface area (Å²) in [6, 6.07) is 1.96. The number of aromatic nitrogens is 3. The predicted molar refractivity (Wildman–Crippen MR) is 82.3 cm³/mol. The number of piperidine rings is 1. The Bertz CT molecular complexity index is 593. The van der Waals surface area contributed by atoms with E-state index in [2.05, 4.69) is 10.1 Å². The van der Waals surface area contributed by atoms with Gasteiger partial charge in [-0.05, 0) is 25.8 Å². The quantitative estimate of drug-likeness (QED) is 0.872. The third-order valence-electron chi connectivity index (χ3n) is 3.90. The third kappa shape index (κ3) is 3.50. The van der Waals surface area contributed by atoms with Crippen LogP contribution in [-0.4, -0.2) is 38.7 Å². The Morgan fingerprint density at radius 3 is 3.14 bits per heavy atom. The van der Waals surface area contributed by atoms with E-state index in [9.17, 15) is 4.79 Å². The van der Waals surface area contributed by atoms with Gasteiger partial charge in [-0.2, -0.15) is 5.10 Å². The second-order valence-electron chi connectivity index (χ2n) is 5.52. The number of hydrogen-bond donors (Lipinski definition) is 0. The van der Waals surface area contributed by atoms with Crippen molar-refractivity contribution in [3.8, 4) is 0 Å². The van der Waals surface area contributed by atoms with Crippen molar-refractivity contribution >= 4 is 17.2 Å². The van der Waals surface area contributed by atoms with Crippen LogP contribution in [0.3, 0.4) is 0 Å². The van der Waals surface area contributed by atoms with Crippen LogP contribution >= 0.6 is 11.3 Å². The molecule has 0 N–H and O–H groups in total. The van der Waals surface area contributed by atoms with Crippen LogP contribution in [0.4, 0.5) is 0 Å². The Balaban J connectivity index is 1.54. The maximum absolute atomic E-state index is 12.4. The third-order valence-corrected chi connectivity index (χ3v) is 4.84. The molecule has 1 atom stereocenters. The van der Waals surface area contributed by atoms with Crippen LogP contribution in [-0.2, 0) is 11.3 Å². The number of thiazole rings is 1. The highest BCUT2D eigenvalue weighted by Crippen LogP contribution is 2.28. The summed E-state index contributed by atoms with van der Waals surface area (Å²) >= 11 is 1.69. The van der Waals surface area contributed by atoms with Crippen molar-refractivity contribution in [3.05, 3.63) is 34.5 Å². The largest absolute Gasteiger partial charge is 0.342 e. The van der Waals surface area contributed by atoms with E-state index in [4.69, 9.17) is 0 Å². The molecular weight excluding hydrogens is 284 g/mol. The van der Waals surface area contributed by atoms with Crippen LogP contribution in [0.5, 0.6) is 0 Å². The SMILES string of the molecule is Cc1ccn(CCC(=O)N2CCC[C@H](c3nccs3)C2)n1. The first-order valence-corrected chi connectivity index (χ1v) is 8.27. The molecule has 2 aromatic heterocycles. The van der Waals surface area contributed by atoms with Crippen molar-refractivity contribution < 1.29 is 4.79 Å². The zero-order valence-electron chi connectivity index (χ0n) is 12.2. The number of hydrogen-bond acceptors (Lipinski definition) is 4. The first-order chi connectivity index (χ1) is 10.2. The van der Waals surface area contributed by atoms with Crippen LogP contribution in [0.15, 0.2) is 23.8 Å². The molecule has 0 saturated carbocycles. The van der Waals surface area contributed by atoms with Gasteiger partial charge >= 0.3 is 0 Å². The molecule has 0 spiro atoms. The molecule has 3 rings (SSSR count). The maximum Gasteiger partial charge on any atom is 0.224 e. The topological polar surface area (TPSA) is 51.0 Å². The summed E-state index contributed by atoms with van der Waals surface area (Å²) in [4.78, 5) is 18.7. The Kier molecular flexibility index (Phi) is 4.34. The summed E-state index contributed by atoms with van der Waals surface area (Å²) in [6.07, 6.45) is 6.50. The fourth-order valence-corrected chi connectivity index (χ4v) is 3.57. The van der Waals surface area contributed by atoms with Gasteiger partial charge in [0.25, 0.3) is 0 Å². The van der Waals surface area contributed by atoms with E-state index in [0.29, 0.717) is 18.9 Å². The molecule has 5 nitrogen and oxygen atoms in total. The van der Waals surface area contributed by atoms with Crippen LogP contribution in [0.2, 0.25) is 0 Å². The molecule has 2 aromatic rings. The Morgan fingerprint density at radius 1 is 1.52 bits per heavy atom. The first kappa shape index (κ1) is 14.3. The number of likely N-dealkylation sites (tertiary alicyclic amines) is 1. The number of carbonyl (C=O) groups excluding carboxylic acids is 1. The zero-order chi connectivity index (χ0) is 14.7. The Hall–Kier alpha value is -1.69. The number of amides is 1. The predicted octanol–water partition coefficient (Wildman–Crippen LogP) is 2.44. The van der Waals surface area contributed by atoms with Crippen molar-refractivity contribution in [2.75, 3.05) is 13.1 Å². The summed E-state index contributed by atoms with van der Waals surface area (Å²) in [5.41, 5.74) is 0.990. The highest BCUT2D eigenvalue weighted by atomic mass is 32.1. The molecule has 1 aliphatic heterocycles. The lowest BCUT2D eigenvalue weighted by molar-refractivity contribution is -0.132. The molecule has 0 aliphatic carbocycles. The van der Waals surface area contributed by atoms with Crippen molar-refractivity contribution in [1.82, 2.24) is 19.7 Å². The normalized spacial score (nSPS) is 18.9. The molecule has 0 radical (unpaired) electrons. The smallest absolute Gasteiger partial charge is 0.224 e. The molecule has 1 amide bonds. The fourth-order valence-electron chi connectivity index (χ4n) is 2.80. The second kappa shape index (κ2) is 6.39. The summed E-state index contributed by atoms with van der Waals surface area (Å²) in [5, 5.41) is 7.49. The minimum absolute atomic E-state index is 0.226. The number of rotatable bonds is 4. The van der Waals surface area contributed by atoms with E-state index < -0.39 is 0 Å². The van der Waals surface area contributed by atoms with Gasteiger partial charge < -0.3 is 4.90 Å². The monoisotopic (exact) mass is 304 g/mol. The highest BCUT2D eigenvalue weighted by molar-refractivity contribution is 7.09. The molecule has 112 valence electrons. The molecule has 21 heavy (non-hydrogen) atoms. The van der Waals surface area contributed by atoms with Gasteiger partial charge in [0.1, 0.15) is 0 Å². The summed E-state index contributed by atoms with van der Waals surface area (Å²) in [7, 11) is 0. The zero-order valence-corrected chi connectivity index (χ0v) is 13.1. The van der Waals surface area contributed by atoms with Crippen LogP contribution < -0.4 is 0 Å². The second-order valence-corrected chi connectivity index (χ2v) is 6.45. The lowest BCUT2D eigenvalue weighted by atomic mass is 9.98. The van der Waals surface area contributed by atoms with Crippen molar-refractivity contribution in [1.29, 1.82) is 0 Å². The Morgan fingerprint density at radius 2 is 2.43 bits per heavy atom. The molecule has 6 heteroatoms. The minimum atomic E-state index is 0.226. The average molecular weight is 304 g/mol. The van der Waals surface area contributed by atoms with E-state index in [1.165, 1.54) is 0 Å². The van der Waals surface area contributed by atoms with Crippen LogP contribution in [0.25, 0.3) is 0 Å². The van der Waals surface area contributed by atoms with E-state index in [0.717, 1.165) is 36.6 Å². The fraction of sp³-hybridized carbons (Fsp3) is 0.533. The average Bonchev–Trinajstić information content (AvgIpc) is 3.16. The number of nitrogens with zero attached hydrogens (tertiary/aromatic N) is 4. The molecule has 1 fully saturated rings. The van der Waals surface area contributed by atoms with E-state index in [1.807, 2.05) is 40.3 Å². The highest BCUT2D eigenvalue weighted by Gasteiger charge is 2.25. The first-order valence-electron chi connectivity index (χ1n) is 7.39. The summed E-state index contributed by atoms with van der Waals surface area (Å²) < 4.78 is 1.84. The molecule has 3 heterocycles. The van der Waals surface area contributed by atoms with Gasteiger partial charge in [-0.3, -0.25) is 9.48 Å². The van der Waals surface area contributed by atoms with Gasteiger partial charge in [-0.1, -0.05) is 0 Å².